The molecule has 5 heteroatoms. The van der Waals surface area contributed by atoms with Crippen LogP contribution in [0, 0.1) is 5.92 Å². The van der Waals surface area contributed by atoms with Crippen LogP contribution in [0.15, 0.2) is 18.2 Å². The average molecular weight is 284 g/mol. The van der Waals surface area contributed by atoms with E-state index in [9.17, 15) is 4.79 Å². The SMILES string of the molecule is COc1ccc(Cl)cc1CN1CCC[C@H](C(=O)O)C1. The minimum atomic E-state index is -0.706. The molecule has 2 rings (SSSR count). The molecule has 0 aromatic heterocycles. The van der Waals surface area contributed by atoms with Crippen molar-refractivity contribution in [3.8, 4) is 5.75 Å². The first-order chi connectivity index (χ1) is 9.10. The molecular weight excluding hydrogens is 266 g/mol. The van der Waals surface area contributed by atoms with Crippen LogP contribution in [0.5, 0.6) is 5.75 Å². The fourth-order valence-electron chi connectivity index (χ4n) is 2.51. The van der Waals surface area contributed by atoms with E-state index in [1.807, 2.05) is 12.1 Å². The van der Waals surface area contributed by atoms with Gasteiger partial charge in [0.2, 0.25) is 0 Å². The number of nitrogens with zero attached hydrogens (tertiary/aromatic N) is 1. The smallest absolute Gasteiger partial charge is 0.307 e. The van der Waals surface area contributed by atoms with Crippen LogP contribution in [0.1, 0.15) is 18.4 Å². The molecule has 1 aliphatic rings. The number of carbonyl (C=O) groups is 1. The zero-order valence-electron chi connectivity index (χ0n) is 10.9. The standard InChI is InChI=1S/C14H18ClNO3/c1-19-13-5-4-12(15)7-11(13)9-16-6-2-3-10(8-16)14(17)18/h4-5,7,10H,2-3,6,8-9H2,1H3,(H,17,18)/t10-/m0/s1. The zero-order chi connectivity index (χ0) is 13.8. The maximum absolute atomic E-state index is 11.1. The molecule has 1 aromatic carbocycles. The highest BCUT2D eigenvalue weighted by Crippen LogP contribution is 2.26. The van der Waals surface area contributed by atoms with Crippen LogP contribution in [-0.2, 0) is 11.3 Å². The Morgan fingerprint density at radius 2 is 2.37 bits per heavy atom. The van der Waals surface area contributed by atoms with Crippen molar-refractivity contribution in [2.24, 2.45) is 5.92 Å². The summed E-state index contributed by atoms with van der Waals surface area (Å²) in [4.78, 5) is 13.2. The fraction of sp³-hybridized carbons (Fsp3) is 0.500. The van der Waals surface area contributed by atoms with Gasteiger partial charge in [0.05, 0.1) is 13.0 Å². The summed E-state index contributed by atoms with van der Waals surface area (Å²) in [7, 11) is 1.63. The number of carboxylic acids is 1. The highest BCUT2D eigenvalue weighted by molar-refractivity contribution is 6.30. The number of aliphatic carboxylic acids is 1. The Morgan fingerprint density at radius 1 is 1.58 bits per heavy atom. The molecule has 1 atom stereocenters. The van der Waals surface area contributed by atoms with Crippen molar-refractivity contribution in [2.45, 2.75) is 19.4 Å². The molecular formula is C14H18ClNO3. The molecule has 0 amide bonds. The second-order valence-electron chi connectivity index (χ2n) is 4.87. The van der Waals surface area contributed by atoms with Crippen LogP contribution in [0.3, 0.4) is 0 Å². The van der Waals surface area contributed by atoms with E-state index in [0.717, 1.165) is 30.7 Å². The second-order valence-corrected chi connectivity index (χ2v) is 5.31. The first-order valence-electron chi connectivity index (χ1n) is 6.37. The van der Waals surface area contributed by atoms with Crippen LogP contribution in [0.4, 0.5) is 0 Å². The van der Waals surface area contributed by atoms with Crippen LogP contribution in [0.25, 0.3) is 0 Å². The predicted molar refractivity (Wildman–Crippen MR) is 73.6 cm³/mol. The van der Waals surface area contributed by atoms with E-state index < -0.39 is 5.97 Å². The Balaban J connectivity index is 2.08. The van der Waals surface area contributed by atoms with Gasteiger partial charge in [0.25, 0.3) is 0 Å². The monoisotopic (exact) mass is 283 g/mol. The van der Waals surface area contributed by atoms with Gasteiger partial charge < -0.3 is 9.84 Å². The lowest BCUT2D eigenvalue weighted by molar-refractivity contribution is -0.143. The van der Waals surface area contributed by atoms with Crippen molar-refractivity contribution in [3.05, 3.63) is 28.8 Å². The molecule has 0 radical (unpaired) electrons. The number of benzene rings is 1. The second kappa shape index (κ2) is 6.26. The number of halogens is 1. The molecule has 1 N–H and O–H groups in total. The molecule has 1 aromatic rings. The summed E-state index contributed by atoms with van der Waals surface area (Å²) in [6.07, 6.45) is 1.68. The quantitative estimate of drug-likeness (QED) is 0.923. The third-order valence-electron chi connectivity index (χ3n) is 3.49. The molecule has 19 heavy (non-hydrogen) atoms. The Bertz CT molecular complexity index is 464. The van der Waals surface area contributed by atoms with Crippen molar-refractivity contribution in [1.82, 2.24) is 4.90 Å². The van der Waals surface area contributed by atoms with Crippen molar-refractivity contribution >= 4 is 17.6 Å². The third-order valence-corrected chi connectivity index (χ3v) is 3.73. The normalized spacial score (nSPS) is 20.2. The van der Waals surface area contributed by atoms with Crippen LogP contribution in [-0.4, -0.2) is 36.2 Å². The maximum atomic E-state index is 11.1. The molecule has 4 nitrogen and oxygen atoms in total. The van der Waals surface area contributed by atoms with E-state index in [-0.39, 0.29) is 5.92 Å². The highest BCUT2D eigenvalue weighted by atomic mass is 35.5. The molecule has 0 saturated carbocycles. The van der Waals surface area contributed by atoms with Gasteiger partial charge in [-0.3, -0.25) is 9.69 Å². The molecule has 1 aliphatic heterocycles. The van der Waals surface area contributed by atoms with E-state index in [1.165, 1.54) is 0 Å². The summed E-state index contributed by atoms with van der Waals surface area (Å²) in [5.74, 6) is -0.177. The topological polar surface area (TPSA) is 49.8 Å². The van der Waals surface area contributed by atoms with Gasteiger partial charge in [0, 0.05) is 23.7 Å². The Kier molecular flexibility index (Phi) is 4.66. The Hall–Kier alpha value is -1.26. The lowest BCUT2D eigenvalue weighted by Gasteiger charge is -2.31. The summed E-state index contributed by atoms with van der Waals surface area (Å²) in [5.41, 5.74) is 1.00. The summed E-state index contributed by atoms with van der Waals surface area (Å²) in [6, 6.07) is 5.52. The fourth-order valence-corrected chi connectivity index (χ4v) is 2.71. The van der Waals surface area contributed by atoms with Gasteiger partial charge in [-0.25, -0.2) is 0 Å². The van der Waals surface area contributed by atoms with Crippen LogP contribution >= 0.6 is 11.6 Å². The molecule has 0 aliphatic carbocycles. The number of rotatable bonds is 4. The van der Waals surface area contributed by atoms with Gasteiger partial charge in [-0.2, -0.15) is 0 Å². The van der Waals surface area contributed by atoms with Gasteiger partial charge in [-0.15, -0.1) is 0 Å². The minimum Gasteiger partial charge on any atom is -0.496 e. The van der Waals surface area contributed by atoms with Gasteiger partial charge in [0.15, 0.2) is 0 Å². The summed E-state index contributed by atoms with van der Waals surface area (Å²) >= 11 is 6.00. The van der Waals surface area contributed by atoms with Crippen molar-refractivity contribution in [1.29, 1.82) is 0 Å². The summed E-state index contributed by atoms with van der Waals surface area (Å²) in [6.45, 7) is 2.18. The molecule has 1 heterocycles. The lowest BCUT2D eigenvalue weighted by Crippen LogP contribution is -2.38. The van der Waals surface area contributed by atoms with E-state index >= 15 is 0 Å². The van der Waals surface area contributed by atoms with Crippen molar-refractivity contribution in [2.75, 3.05) is 20.2 Å². The van der Waals surface area contributed by atoms with E-state index in [1.54, 1.807) is 13.2 Å². The van der Waals surface area contributed by atoms with Gasteiger partial charge in [0.1, 0.15) is 5.75 Å². The zero-order valence-corrected chi connectivity index (χ0v) is 11.7. The molecule has 0 unspecified atom stereocenters. The summed E-state index contributed by atoms with van der Waals surface area (Å²) < 4.78 is 5.31. The first-order valence-corrected chi connectivity index (χ1v) is 6.75. The van der Waals surface area contributed by atoms with Crippen LogP contribution < -0.4 is 4.74 Å². The molecule has 104 valence electrons. The van der Waals surface area contributed by atoms with Gasteiger partial charge in [-0.1, -0.05) is 11.6 Å². The number of carboxylic acid groups (broad SMARTS) is 1. The predicted octanol–water partition coefficient (Wildman–Crippen LogP) is 2.65. The van der Waals surface area contributed by atoms with E-state index in [4.69, 9.17) is 21.4 Å². The molecule has 1 saturated heterocycles. The number of hydrogen-bond acceptors (Lipinski definition) is 3. The van der Waals surface area contributed by atoms with Crippen LogP contribution in [0.2, 0.25) is 5.02 Å². The number of piperidine rings is 1. The molecule has 0 spiro atoms. The molecule has 1 fully saturated rings. The largest absolute Gasteiger partial charge is 0.496 e. The number of hydrogen-bond donors (Lipinski definition) is 1. The molecule has 0 bridgehead atoms. The minimum absolute atomic E-state index is 0.265. The van der Waals surface area contributed by atoms with Gasteiger partial charge in [-0.05, 0) is 37.6 Å². The Labute approximate surface area is 117 Å². The Morgan fingerprint density at radius 3 is 3.05 bits per heavy atom. The van der Waals surface area contributed by atoms with E-state index in [0.29, 0.717) is 18.1 Å². The summed E-state index contributed by atoms with van der Waals surface area (Å²) in [5, 5.41) is 9.76. The van der Waals surface area contributed by atoms with Crippen molar-refractivity contribution in [3.63, 3.8) is 0 Å². The van der Waals surface area contributed by atoms with Crippen molar-refractivity contribution < 1.29 is 14.6 Å². The number of likely N-dealkylation sites (tertiary alicyclic amines) is 1. The average Bonchev–Trinajstić information content (AvgIpc) is 2.39. The van der Waals surface area contributed by atoms with E-state index in [2.05, 4.69) is 4.90 Å². The first kappa shape index (κ1) is 14.2. The number of methoxy groups -OCH3 is 1. The van der Waals surface area contributed by atoms with Gasteiger partial charge >= 0.3 is 5.97 Å². The number of ether oxygens (including phenoxy) is 1. The maximum Gasteiger partial charge on any atom is 0.307 e. The third kappa shape index (κ3) is 3.61. The highest BCUT2D eigenvalue weighted by Gasteiger charge is 2.25. The lowest BCUT2D eigenvalue weighted by atomic mass is 9.98.